The summed E-state index contributed by atoms with van der Waals surface area (Å²) in [4.78, 5) is 11.6. The summed E-state index contributed by atoms with van der Waals surface area (Å²) in [6, 6.07) is 0. The third-order valence-corrected chi connectivity index (χ3v) is 4.64. The molecule has 0 aliphatic carbocycles. The van der Waals surface area contributed by atoms with Crippen molar-refractivity contribution in [2.24, 2.45) is 0 Å². The van der Waals surface area contributed by atoms with Gasteiger partial charge in [-0.05, 0) is 32.1 Å². The van der Waals surface area contributed by atoms with Crippen molar-refractivity contribution in [1.82, 2.24) is 0 Å². The Morgan fingerprint density at radius 1 is 0.885 bits per heavy atom. The number of hydrogen-bond donors (Lipinski definition) is 4. The van der Waals surface area contributed by atoms with Gasteiger partial charge in [0.15, 0.2) is 5.78 Å². The maximum atomic E-state index is 11.6. The number of aliphatic hydroxyl groups is 4. The van der Waals surface area contributed by atoms with Crippen LogP contribution in [0.4, 0.5) is 0 Å². The van der Waals surface area contributed by atoms with Crippen LogP contribution >= 0.6 is 0 Å². The molecular formula is C21H40O5. The number of Topliss-reactive ketones (excluding diaryl/α,β-unsaturated/α-hetero) is 1. The van der Waals surface area contributed by atoms with Crippen molar-refractivity contribution in [3.05, 3.63) is 12.2 Å². The summed E-state index contributed by atoms with van der Waals surface area (Å²) < 4.78 is 0. The van der Waals surface area contributed by atoms with Gasteiger partial charge in [0.25, 0.3) is 0 Å². The normalized spacial score (nSPS) is 15.3. The van der Waals surface area contributed by atoms with Crippen LogP contribution in [-0.2, 0) is 4.79 Å². The molecule has 0 aromatic carbocycles. The van der Waals surface area contributed by atoms with Crippen molar-refractivity contribution in [2.45, 2.75) is 109 Å². The van der Waals surface area contributed by atoms with Crippen LogP contribution in [0.3, 0.4) is 0 Å². The van der Waals surface area contributed by atoms with Gasteiger partial charge in [0.1, 0.15) is 12.2 Å². The van der Waals surface area contributed by atoms with E-state index in [-0.39, 0.29) is 12.5 Å². The highest BCUT2D eigenvalue weighted by atomic mass is 16.4. The minimum atomic E-state index is -1.47. The maximum Gasteiger partial charge on any atom is 0.164 e. The monoisotopic (exact) mass is 372 g/mol. The number of carbonyl (C=O) groups excluding carboxylic acids is 1. The van der Waals surface area contributed by atoms with Gasteiger partial charge in [-0.25, -0.2) is 0 Å². The molecule has 0 amide bonds. The summed E-state index contributed by atoms with van der Waals surface area (Å²) in [5.74, 6) is -0.400. The molecule has 4 N–H and O–H groups in total. The number of ketones is 1. The third-order valence-electron chi connectivity index (χ3n) is 4.64. The Labute approximate surface area is 159 Å². The van der Waals surface area contributed by atoms with Crippen LogP contribution in [-0.4, -0.2) is 51.1 Å². The zero-order chi connectivity index (χ0) is 19.6. The molecule has 5 heteroatoms. The van der Waals surface area contributed by atoms with E-state index in [9.17, 15) is 20.1 Å². The summed E-state index contributed by atoms with van der Waals surface area (Å²) in [6.07, 6.45) is 13.7. The lowest BCUT2D eigenvalue weighted by molar-refractivity contribution is -0.134. The average molecular weight is 373 g/mol. The molecule has 0 rings (SSSR count). The van der Waals surface area contributed by atoms with Gasteiger partial charge >= 0.3 is 0 Å². The van der Waals surface area contributed by atoms with E-state index in [2.05, 4.69) is 19.1 Å². The summed E-state index contributed by atoms with van der Waals surface area (Å²) in [6.45, 7) is 1.59. The molecule has 0 aromatic rings. The van der Waals surface area contributed by atoms with E-state index in [0.717, 1.165) is 51.4 Å². The van der Waals surface area contributed by atoms with E-state index >= 15 is 0 Å². The summed E-state index contributed by atoms with van der Waals surface area (Å²) in [7, 11) is 0. The molecule has 0 aromatic heterocycles. The first kappa shape index (κ1) is 25.2. The summed E-state index contributed by atoms with van der Waals surface area (Å²) in [5, 5.41) is 37.2. The number of allylic oxidation sites excluding steroid dienone is 1. The van der Waals surface area contributed by atoms with Crippen LogP contribution in [0.5, 0.6) is 0 Å². The zero-order valence-corrected chi connectivity index (χ0v) is 16.5. The lowest BCUT2D eigenvalue weighted by atomic mass is 10.0. The second-order valence-electron chi connectivity index (χ2n) is 7.18. The Hall–Kier alpha value is -0.750. The first-order valence-corrected chi connectivity index (χ1v) is 10.4. The molecule has 2 unspecified atom stereocenters. The minimum absolute atomic E-state index is 0.208. The third kappa shape index (κ3) is 14.4. The molecule has 0 aliphatic heterocycles. The Bertz CT molecular complexity index is 356. The standard InChI is InChI=1S/C21H40O5/c1-2-3-4-11-14-18(23)15-12-9-7-5-6-8-10-13-16-19(24)21(26)20(25)17-22/h9,12,18,20-23,25-26H,2-8,10-11,13-17H2,1H3/b12-9-/t18-,20?,21?/m1/s1. The number of carbonyl (C=O) groups is 1. The molecule has 0 aliphatic rings. The first-order chi connectivity index (χ1) is 12.5. The Kier molecular flexibility index (Phi) is 17.1. The van der Waals surface area contributed by atoms with Crippen molar-refractivity contribution in [3.63, 3.8) is 0 Å². The molecule has 0 bridgehead atoms. The lowest BCUT2D eigenvalue weighted by Gasteiger charge is -2.13. The van der Waals surface area contributed by atoms with Gasteiger partial charge in [0, 0.05) is 6.42 Å². The minimum Gasteiger partial charge on any atom is -0.394 e. The highest BCUT2D eigenvalue weighted by Gasteiger charge is 2.22. The van der Waals surface area contributed by atoms with Crippen molar-refractivity contribution in [2.75, 3.05) is 6.61 Å². The van der Waals surface area contributed by atoms with Crippen molar-refractivity contribution >= 4 is 5.78 Å². The van der Waals surface area contributed by atoms with Gasteiger partial charge in [-0.2, -0.15) is 0 Å². The van der Waals surface area contributed by atoms with Crippen molar-refractivity contribution < 1.29 is 25.2 Å². The molecule has 26 heavy (non-hydrogen) atoms. The number of hydrogen-bond acceptors (Lipinski definition) is 5. The summed E-state index contributed by atoms with van der Waals surface area (Å²) in [5.41, 5.74) is 0. The highest BCUT2D eigenvalue weighted by Crippen LogP contribution is 2.11. The quantitative estimate of drug-likeness (QED) is 0.219. The second-order valence-corrected chi connectivity index (χ2v) is 7.18. The average Bonchev–Trinajstić information content (AvgIpc) is 2.65. The van der Waals surface area contributed by atoms with Crippen LogP contribution in [0.1, 0.15) is 90.4 Å². The fourth-order valence-electron chi connectivity index (χ4n) is 2.85. The SMILES string of the molecule is CCCCCC[C@@H](O)C/C=C\CCCCCCCC(=O)C(O)C(O)CO. The van der Waals surface area contributed by atoms with Gasteiger partial charge in [0.05, 0.1) is 12.7 Å². The van der Waals surface area contributed by atoms with Gasteiger partial charge in [-0.3, -0.25) is 4.79 Å². The van der Waals surface area contributed by atoms with Crippen molar-refractivity contribution in [1.29, 1.82) is 0 Å². The highest BCUT2D eigenvalue weighted by molar-refractivity contribution is 5.83. The molecule has 3 atom stereocenters. The van der Waals surface area contributed by atoms with Gasteiger partial charge in [-0.15, -0.1) is 0 Å². The van der Waals surface area contributed by atoms with E-state index < -0.39 is 24.6 Å². The van der Waals surface area contributed by atoms with Crippen LogP contribution in [0, 0.1) is 0 Å². The van der Waals surface area contributed by atoms with Gasteiger partial charge in [0.2, 0.25) is 0 Å². The topological polar surface area (TPSA) is 98.0 Å². The van der Waals surface area contributed by atoms with Crippen LogP contribution in [0.25, 0.3) is 0 Å². The van der Waals surface area contributed by atoms with Gasteiger partial charge in [-0.1, -0.05) is 64.0 Å². The Morgan fingerprint density at radius 2 is 1.54 bits per heavy atom. The molecule has 5 nitrogen and oxygen atoms in total. The molecule has 0 spiro atoms. The molecule has 0 radical (unpaired) electrons. The molecule has 0 fully saturated rings. The van der Waals surface area contributed by atoms with E-state index in [0.29, 0.717) is 6.42 Å². The van der Waals surface area contributed by atoms with E-state index in [4.69, 9.17) is 5.11 Å². The Balaban J connectivity index is 3.46. The molecule has 0 heterocycles. The van der Waals surface area contributed by atoms with E-state index in [1.54, 1.807) is 0 Å². The molecule has 0 saturated carbocycles. The lowest BCUT2D eigenvalue weighted by Crippen LogP contribution is -2.36. The van der Waals surface area contributed by atoms with Crippen LogP contribution in [0.2, 0.25) is 0 Å². The molecule has 154 valence electrons. The second kappa shape index (κ2) is 17.7. The molecular weight excluding hydrogens is 332 g/mol. The van der Waals surface area contributed by atoms with Crippen LogP contribution in [0.15, 0.2) is 12.2 Å². The predicted octanol–water partition coefficient (Wildman–Crippen LogP) is 3.28. The fourth-order valence-corrected chi connectivity index (χ4v) is 2.85. The zero-order valence-electron chi connectivity index (χ0n) is 16.5. The largest absolute Gasteiger partial charge is 0.394 e. The maximum absolute atomic E-state index is 11.6. The first-order valence-electron chi connectivity index (χ1n) is 10.4. The van der Waals surface area contributed by atoms with E-state index in [1.807, 2.05) is 0 Å². The fraction of sp³-hybridized carbons (Fsp3) is 0.857. The number of unbranched alkanes of at least 4 members (excludes halogenated alkanes) is 8. The number of aliphatic hydroxyl groups excluding tert-OH is 4. The predicted molar refractivity (Wildman–Crippen MR) is 105 cm³/mol. The summed E-state index contributed by atoms with van der Waals surface area (Å²) >= 11 is 0. The smallest absolute Gasteiger partial charge is 0.164 e. The number of rotatable bonds is 18. The van der Waals surface area contributed by atoms with Gasteiger partial charge < -0.3 is 20.4 Å². The molecule has 0 saturated heterocycles. The van der Waals surface area contributed by atoms with E-state index in [1.165, 1.54) is 19.3 Å². The van der Waals surface area contributed by atoms with Crippen molar-refractivity contribution in [3.8, 4) is 0 Å². The van der Waals surface area contributed by atoms with Crippen LogP contribution < -0.4 is 0 Å². The Morgan fingerprint density at radius 3 is 2.23 bits per heavy atom.